The third-order valence-corrected chi connectivity index (χ3v) is 4.17. The molecule has 5 heteroatoms. The van der Waals surface area contributed by atoms with E-state index in [9.17, 15) is 0 Å². The molecule has 0 saturated heterocycles. The summed E-state index contributed by atoms with van der Waals surface area (Å²) in [5, 5.41) is 17.7. The molecule has 1 N–H and O–H groups in total. The van der Waals surface area contributed by atoms with Gasteiger partial charge in [0.2, 0.25) is 0 Å². The Morgan fingerprint density at radius 1 is 0.889 bits per heavy atom. The largest absolute Gasteiger partial charge is 0.497 e. The smallest absolute Gasteiger partial charge is 0.119 e. The zero-order valence-electron chi connectivity index (χ0n) is 16.3. The van der Waals surface area contributed by atoms with Crippen LogP contribution in [0.3, 0.4) is 0 Å². The van der Waals surface area contributed by atoms with Gasteiger partial charge in [0.15, 0.2) is 0 Å². The molecule has 0 aliphatic heterocycles. The van der Waals surface area contributed by atoms with E-state index in [0.717, 1.165) is 39.6 Å². The van der Waals surface area contributed by atoms with Crippen molar-refractivity contribution in [3.63, 3.8) is 0 Å². The van der Waals surface area contributed by atoms with Gasteiger partial charge in [-0.15, -0.1) is 0 Å². The van der Waals surface area contributed by atoms with Gasteiger partial charge in [0, 0.05) is 5.56 Å². The second-order valence-electron chi connectivity index (χ2n) is 5.98. The Labute approximate surface area is 160 Å². The van der Waals surface area contributed by atoms with Gasteiger partial charge < -0.3 is 14.6 Å². The van der Waals surface area contributed by atoms with Crippen molar-refractivity contribution < 1.29 is 14.6 Å². The van der Waals surface area contributed by atoms with Crippen LogP contribution in [-0.2, 0) is 6.42 Å². The van der Waals surface area contributed by atoms with Crippen LogP contribution in [0.4, 0.5) is 0 Å². The molecule has 2 aromatic rings. The second-order valence-corrected chi connectivity index (χ2v) is 5.98. The third kappa shape index (κ3) is 5.79. The summed E-state index contributed by atoms with van der Waals surface area (Å²) in [6.45, 7) is 3.89. The average molecular weight is 366 g/mol. The summed E-state index contributed by atoms with van der Waals surface area (Å²) >= 11 is 0. The summed E-state index contributed by atoms with van der Waals surface area (Å²) < 4.78 is 10.5. The fourth-order valence-electron chi connectivity index (χ4n) is 2.60. The molecule has 0 spiro atoms. The van der Waals surface area contributed by atoms with E-state index in [-0.39, 0.29) is 6.61 Å². The molecule has 0 radical (unpaired) electrons. The highest BCUT2D eigenvalue weighted by Crippen LogP contribution is 2.20. The van der Waals surface area contributed by atoms with Crippen molar-refractivity contribution in [3.05, 3.63) is 71.3 Å². The van der Waals surface area contributed by atoms with E-state index >= 15 is 0 Å². The highest BCUT2D eigenvalue weighted by molar-refractivity contribution is 6.02. The maximum atomic E-state index is 8.95. The number of ether oxygens (including phenoxy) is 2. The highest BCUT2D eigenvalue weighted by atomic mass is 16.5. The second kappa shape index (κ2) is 10.3. The SMILES string of the molecule is COc1ccc(/C(C)=N/N=C(\C)c2ccc(OC)cc2C/C=C/CO)cc1. The van der Waals surface area contributed by atoms with Crippen LogP contribution >= 0.6 is 0 Å². The minimum Gasteiger partial charge on any atom is -0.497 e. The Balaban J connectivity index is 2.28. The summed E-state index contributed by atoms with van der Waals surface area (Å²) in [5.41, 5.74) is 4.71. The minimum atomic E-state index is 0.0255. The van der Waals surface area contributed by atoms with Gasteiger partial charge >= 0.3 is 0 Å². The molecule has 0 aliphatic carbocycles. The number of aliphatic hydroxyl groups is 1. The fourth-order valence-corrected chi connectivity index (χ4v) is 2.60. The number of benzene rings is 2. The Kier molecular flexibility index (Phi) is 7.77. The normalized spacial score (nSPS) is 12.5. The predicted octanol–water partition coefficient (Wildman–Crippen LogP) is 4.03. The van der Waals surface area contributed by atoms with Crippen molar-refractivity contribution in [1.82, 2.24) is 0 Å². The molecule has 0 aliphatic rings. The number of hydrogen-bond donors (Lipinski definition) is 1. The van der Waals surface area contributed by atoms with Crippen molar-refractivity contribution in [2.24, 2.45) is 10.2 Å². The van der Waals surface area contributed by atoms with E-state index in [1.165, 1.54) is 0 Å². The molecule has 2 aromatic carbocycles. The van der Waals surface area contributed by atoms with E-state index in [0.29, 0.717) is 6.42 Å². The van der Waals surface area contributed by atoms with Crippen molar-refractivity contribution >= 4 is 11.4 Å². The highest BCUT2D eigenvalue weighted by Gasteiger charge is 2.07. The number of nitrogens with zero attached hydrogens (tertiary/aromatic N) is 2. The average Bonchev–Trinajstić information content (AvgIpc) is 2.71. The van der Waals surface area contributed by atoms with Crippen LogP contribution in [0.25, 0.3) is 0 Å². The molecule has 0 amide bonds. The first-order valence-electron chi connectivity index (χ1n) is 8.75. The molecule has 0 heterocycles. The lowest BCUT2D eigenvalue weighted by Crippen LogP contribution is -2.02. The molecule has 0 bridgehead atoms. The van der Waals surface area contributed by atoms with Crippen LogP contribution in [0.15, 0.2) is 64.8 Å². The monoisotopic (exact) mass is 366 g/mol. The molecule has 0 aromatic heterocycles. The first-order valence-corrected chi connectivity index (χ1v) is 8.75. The molecule has 5 nitrogen and oxygen atoms in total. The number of aliphatic hydroxyl groups excluding tert-OH is 1. The van der Waals surface area contributed by atoms with Crippen molar-refractivity contribution in [2.45, 2.75) is 20.3 Å². The summed E-state index contributed by atoms with van der Waals surface area (Å²) in [6.07, 6.45) is 4.33. The van der Waals surface area contributed by atoms with Gasteiger partial charge in [-0.3, -0.25) is 0 Å². The van der Waals surface area contributed by atoms with Crippen LogP contribution < -0.4 is 9.47 Å². The van der Waals surface area contributed by atoms with Gasteiger partial charge in [-0.05, 0) is 73.9 Å². The molecule has 0 fully saturated rings. The Morgan fingerprint density at radius 2 is 1.52 bits per heavy atom. The topological polar surface area (TPSA) is 63.4 Å². The van der Waals surface area contributed by atoms with Crippen LogP contribution in [0.5, 0.6) is 11.5 Å². The van der Waals surface area contributed by atoms with Crippen LogP contribution in [0.1, 0.15) is 30.5 Å². The number of rotatable bonds is 8. The summed E-state index contributed by atoms with van der Waals surface area (Å²) in [5.74, 6) is 1.60. The molecule has 2 rings (SSSR count). The number of hydrogen-bond acceptors (Lipinski definition) is 5. The van der Waals surface area contributed by atoms with Gasteiger partial charge in [-0.1, -0.05) is 12.2 Å². The molecular formula is C22H26N2O3. The van der Waals surface area contributed by atoms with Crippen molar-refractivity contribution in [2.75, 3.05) is 20.8 Å². The molecule has 27 heavy (non-hydrogen) atoms. The van der Waals surface area contributed by atoms with Gasteiger partial charge in [0.05, 0.1) is 32.2 Å². The third-order valence-electron chi connectivity index (χ3n) is 4.17. The molecule has 142 valence electrons. The molecule has 0 unspecified atom stereocenters. The summed E-state index contributed by atoms with van der Waals surface area (Å²) in [7, 11) is 3.29. The van der Waals surface area contributed by atoms with E-state index in [1.54, 1.807) is 20.3 Å². The van der Waals surface area contributed by atoms with E-state index in [4.69, 9.17) is 14.6 Å². The summed E-state index contributed by atoms with van der Waals surface area (Å²) in [6, 6.07) is 13.6. The Bertz CT molecular complexity index is 837. The maximum Gasteiger partial charge on any atom is 0.119 e. The lowest BCUT2D eigenvalue weighted by molar-refractivity contribution is 0.342. The van der Waals surface area contributed by atoms with Crippen LogP contribution in [-0.4, -0.2) is 37.4 Å². The van der Waals surface area contributed by atoms with Gasteiger partial charge in [-0.25, -0.2) is 0 Å². The number of allylic oxidation sites excluding steroid dienone is 1. The maximum absolute atomic E-state index is 8.95. The van der Waals surface area contributed by atoms with Gasteiger partial charge in [-0.2, -0.15) is 10.2 Å². The quantitative estimate of drug-likeness (QED) is 0.436. The van der Waals surface area contributed by atoms with Crippen molar-refractivity contribution in [3.8, 4) is 11.5 Å². The van der Waals surface area contributed by atoms with E-state index < -0.39 is 0 Å². The van der Waals surface area contributed by atoms with E-state index in [1.807, 2.05) is 62.4 Å². The molecule has 0 saturated carbocycles. The fraction of sp³-hybridized carbons (Fsp3) is 0.273. The zero-order valence-corrected chi connectivity index (χ0v) is 16.3. The number of methoxy groups -OCH3 is 2. The predicted molar refractivity (Wildman–Crippen MR) is 110 cm³/mol. The Hall–Kier alpha value is -2.92. The van der Waals surface area contributed by atoms with Crippen LogP contribution in [0, 0.1) is 0 Å². The first kappa shape index (κ1) is 20.4. The summed E-state index contributed by atoms with van der Waals surface area (Å²) in [4.78, 5) is 0. The first-order chi connectivity index (χ1) is 13.1. The van der Waals surface area contributed by atoms with Crippen molar-refractivity contribution in [1.29, 1.82) is 0 Å². The molecule has 0 atom stereocenters. The van der Waals surface area contributed by atoms with Gasteiger partial charge in [0.1, 0.15) is 11.5 Å². The molecular weight excluding hydrogens is 340 g/mol. The van der Waals surface area contributed by atoms with Gasteiger partial charge in [0.25, 0.3) is 0 Å². The Morgan fingerprint density at radius 3 is 2.15 bits per heavy atom. The lowest BCUT2D eigenvalue weighted by atomic mass is 10.0. The van der Waals surface area contributed by atoms with E-state index in [2.05, 4.69) is 10.2 Å². The minimum absolute atomic E-state index is 0.0255. The zero-order chi connectivity index (χ0) is 19.6. The standard InChI is InChI=1S/C22H26N2O3/c1-16(18-8-10-20(26-3)11-9-18)23-24-17(2)22-13-12-21(27-4)15-19(22)7-5-6-14-25/h5-6,8-13,15,25H,7,14H2,1-4H3/b6-5+,23-16+,24-17+. The van der Waals surface area contributed by atoms with Crippen LogP contribution in [0.2, 0.25) is 0 Å². The lowest BCUT2D eigenvalue weighted by Gasteiger charge is -2.09.